The number of nitro benzene ring substituents is 1. The van der Waals surface area contributed by atoms with E-state index in [4.69, 9.17) is 14.6 Å². The topological polar surface area (TPSA) is 128 Å². The maximum atomic E-state index is 13.3. The van der Waals surface area contributed by atoms with Crippen LogP contribution in [0.25, 0.3) is 0 Å². The zero-order chi connectivity index (χ0) is 27.7. The number of rotatable bonds is 12. The van der Waals surface area contributed by atoms with Crippen molar-refractivity contribution in [3.05, 3.63) is 92.3 Å². The molecule has 0 bridgehead atoms. The monoisotopic (exact) mass is 540 g/mol. The van der Waals surface area contributed by atoms with Gasteiger partial charge in [0.15, 0.2) is 0 Å². The number of hydrogen-bond donors (Lipinski definition) is 2. The molecule has 202 valence electrons. The Morgan fingerprint density at radius 2 is 1.74 bits per heavy atom. The van der Waals surface area contributed by atoms with Crippen molar-refractivity contribution in [3.8, 4) is 0 Å². The quantitative estimate of drug-likeness (QED) is 0.130. The van der Waals surface area contributed by atoms with Gasteiger partial charge in [0, 0.05) is 40.8 Å². The predicted molar refractivity (Wildman–Crippen MR) is 145 cm³/mol. The minimum Gasteiger partial charge on any atom is -0.466 e. The number of allylic oxidation sites excluding steroid dienone is 2. The Kier molecular flexibility index (Phi) is 10.5. The van der Waals surface area contributed by atoms with E-state index in [-0.39, 0.29) is 30.0 Å². The molecule has 1 aliphatic rings. The van der Waals surface area contributed by atoms with Gasteiger partial charge in [-0.1, -0.05) is 24.3 Å². The predicted octanol–water partition coefficient (Wildman–Crippen LogP) is 4.65. The molecule has 0 aromatic heterocycles. The van der Waals surface area contributed by atoms with Crippen LogP contribution in [0.15, 0.2) is 76.0 Å². The van der Waals surface area contributed by atoms with Crippen LogP contribution in [0.2, 0.25) is 0 Å². The van der Waals surface area contributed by atoms with Gasteiger partial charge in [0.2, 0.25) is 0 Å². The third-order valence-electron chi connectivity index (χ3n) is 6.14. The van der Waals surface area contributed by atoms with E-state index in [1.807, 2.05) is 24.3 Å². The highest BCUT2D eigenvalue weighted by Crippen LogP contribution is 2.40. The lowest BCUT2D eigenvalue weighted by atomic mass is 9.80. The highest BCUT2D eigenvalue weighted by molar-refractivity contribution is 7.99. The number of aliphatic hydroxyl groups is 1. The van der Waals surface area contributed by atoms with Gasteiger partial charge in [0.1, 0.15) is 0 Å². The molecule has 10 heteroatoms. The van der Waals surface area contributed by atoms with Crippen LogP contribution in [0, 0.1) is 10.1 Å². The highest BCUT2D eigenvalue weighted by atomic mass is 32.2. The van der Waals surface area contributed by atoms with E-state index in [9.17, 15) is 19.7 Å². The summed E-state index contributed by atoms with van der Waals surface area (Å²) in [6, 6.07) is 14.1. The number of nitro groups is 1. The number of nitrogens with zero attached hydrogens (tertiary/aromatic N) is 1. The number of aryl methyl sites for hydroxylation is 1. The van der Waals surface area contributed by atoms with Crippen LogP contribution < -0.4 is 5.32 Å². The molecule has 0 spiro atoms. The van der Waals surface area contributed by atoms with Crippen LogP contribution >= 0.6 is 11.8 Å². The van der Waals surface area contributed by atoms with Gasteiger partial charge in [-0.3, -0.25) is 10.1 Å². The number of benzene rings is 2. The normalized spacial score (nSPS) is 15.2. The average Bonchev–Trinajstić information content (AvgIpc) is 2.91. The van der Waals surface area contributed by atoms with Gasteiger partial charge in [-0.2, -0.15) is 0 Å². The third kappa shape index (κ3) is 7.23. The van der Waals surface area contributed by atoms with Crippen molar-refractivity contribution in [2.45, 2.75) is 43.9 Å². The molecule has 38 heavy (non-hydrogen) atoms. The highest BCUT2D eigenvalue weighted by Gasteiger charge is 2.38. The standard InChI is InChI=1S/C28H32N2O7S/c1-18-24(27(32)36-3)26(21-8-4-9-22(17-21)30(34)35)25(19(2)29-18)28(33)37-15-6-16-38-23-12-10-20(11-13-23)7-5-14-31/h4,8-13,17,26,29,31H,5-7,14-16H2,1-3H3. The van der Waals surface area contributed by atoms with Crippen LogP contribution in [0.4, 0.5) is 5.69 Å². The molecular weight excluding hydrogens is 508 g/mol. The number of esters is 2. The molecule has 2 aromatic rings. The van der Waals surface area contributed by atoms with Gasteiger partial charge in [0.25, 0.3) is 5.69 Å². The molecule has 0 saturated heterocycles. The van der Waals surface area contributed by atoms with E-state index in [0.29, 0.717) is 23.4 Å². The van der Waals surface area contributed by atoms with E-state index in [0.717, 1.165) is 23.5 Å². The Balaban J connectivity index is 1.70. The number of thioether (sulfide) groups is 1. The van der Waals surface area contributed by atoms with Gasteiger partial charge in [-0.15, -0.1) is 11.8 Å². The molecule has 2 N–H and O–H groups in total. The number of dihydropyridines is 1. The summed E-state index contributed by atoms with van der Waals surface area (Å²) in [6.45, 7) is 3.75. The zero-order valence-corrected chi connectivity index (χ0v) is 22.5. The zero-order valence-electron chi connectivity index (χ0n) is 21.7. The van der Waals surface area contributed by atoms with Gasteiger partial charge in [0.05, 0.1) is 35.7 Å². The fourth-order valence-corrected chi connectivity index (χ4v) is 5.15. The summed E-state index contributed by atoms with van der Waals surface area (Å²) < 4.78 is 10.6. The molecule has 0 amide bonds. The number of nitrogens with one attached hydrogen (secondary N) is 1. The maximum Gasteiger partial charge on any atom is 0.336 e. The maximum absolute atomic E-state index is 13.3. The van der Waals surface area contributed by atoms with Crippen molar-refractivity contribution in [2.75, 3.05) is 26.1 Å². The van der Waals surface area contributed by atoms with E-state index < -0.39 is 22.8 Å². The Bertz CT molecular complexity index is 1240. The fourth-order valence-electron chi connectivity index (χ4n) is 4.32. The second-order valence-electron chi connectivity index (χ2n) is 8.79. The second kappa shape index (κ2) is 13.8. The lowest BCUT2D eigenvalue weighted by Gasteiger charge is -2.30. The van der Waals surface area contributed by atoms with Crippen LogP contribution in [0.3, 0.4) is 0 Å². The summed E-state index contributed by atoms with van der Waals surface area (Å²) in [5.74, 6) is -1.38. The number of ether oxygens (including phenoxy) is 2. The summed E-state index contributed by atoms with van der Waals surface area (Å²) in [4.78, 5) is 38.0. The number of methoxy groups -OCH3 is 1. The number of aliphatic hydroxyl groups excluding tert-OH is 1. The molecule has 9 nitrogen and oxygen atoms in total. The number of carbonyl (C=O) groups excluding carboxylic acids is 2. The molecule has 3 rings (SSSR count). The Labute approximate surface area is 226 Å². The first kappa shape index (κ1) is 28.9. The molecular formula is C28H32N2O7S. The third-order valence-corrected chi connectivity index (χ3v) is 7.24. The number of hydrogen-bond acceptors (Lipinski definition) is 9. The van der Waals surface area contributed by atoms with E-state index >= 15 is 0 Å². The molecule has 0 saturated carbocycles. The molecule has 1 aliphatic heterocycles. The van der Waals surface area contributed by atoms with Crippen molar-refractivity contribution in [3.63, 3.8) is 0 Å². The van der Waals surface area contributed by atoms with Crippen LogP contribution in [-0.2, 0) is 25.5 Å². The summed E-state index contributed by atoms with van der Waals surface area (Å²) in [7, 11) is 1.25. The minimum absolute atomic E-state index is 0.147. The summed E-state index contributed by atoms with van der Waals surface area (Å²) in [6.07, 6.45) is 2.19. The SMILES string of the molecule is COC(=O)C1=C(C)NC(C)=C(C(=O)OCCCSc2ccc(CCCO)cc2)C1c1cccc([N+](=O)[O-])c1. The Hall–Kier alpha value is -3.63. The van der Waals surface area contributed by atoms with Crippen molar-refractivity contribution in [1.82, 2.24) is 5.32 Å². The number of carbonyl (C=O) groups is 2. The molecule has 0 fully saturated rings. The molecule has 1 heterocycles. The summed E-state index contributed by atoms with van der Waals surface area (Å²) >= 11 is 1.65. The van der Waals surface area contributed by atoms with Crippen molar-refractivity contribution in [2.24, 2.45) is 0 Å². The average molecular weight is 541 g/mol. The molecule has 0 radical (unpaired) electrons. The van der Waals surface area contributed by atoms with E-state index in [2.05, 4.69) is 5.32 Å². The van der Waals surface area contributed by atoms with Gasteiger partial charge < -0.3 is 19.9 Å². The lowest BCUT2D eigenvalue weighted by molar-refractivity contribution is -0.384. The first-order chi connectivity index (χ1) is 18.3. The van der Waals surface area contributed by atoms with Crippen molar-refractivity contribution in [1.29, 1.82) is 0 Å². The van der Waals surface area contributed by atoms with Gasteiger partial charge >= 0.3 is 11.9 Å². The Morgan fingerprint density at radius 3 is 2.37 bits per heavy atom. The van der Waals surface area contributed by atoms with Gasteiger partial charge in [-0.05, 0) is 56.4 Å². The van der Waals surface area contributed by atoms with Crippen LogP contribution in [-0.4, -0.2) is 48.0 Å². The van der Waals surface area contributed by atoms with Crippen LogP contribution in [0.1, 0.15) is 43.7 Å². The summed E-state index contributed by atoms with van der Waals surface area (Å²) in [5, 5.41) is 23.4. The molecule has 1 atom stereocenters. The smallest absolute Gasteiger partial charge is 0.336 e. The largest absolute Gasteiger partial charge is 0.466 e. The second-order valence-corrected chi connectivity index (χ2v) is 9.96. The molecule has 2 aromatic carbocycles. The fraction of sp³-hybridized carbons (Fsp3) is 0.357. The Morgan fingerprint density at radius 1 is 1.05 bits per heavy atom. The van der Waals surface area contributed by atoms with Gasteiger partial charge in [-0.25, -0.2) is 9.59 Å². The molecule has 0 aliphatic carbocycles. The van der Waals surface area contributed by atoms with Crippen molar-refractivity contribution >= 4 is 29.4 Å². The first-order valence-corrected chi connectivity index (χ1v) is 13.3. The van der Waals surface area contributed by atoms with E-state index in [1.54, 1.807) is 31.7 Å². The first-order valence-electron chi connectivity index (χ1n) is 12.3. The van der Waals surface area contributed by atoms with E-state index in [1.165, 1.54) is 30.9 Å². The van der Waals surface area contributed by atoms with Crippen molar-refractivity contribution < 1.29 is 29.1 Å². The van der Waals surface area contributed by atoms with Crippen LogP contribution in [0.5, 0.6) is 0 Å². The summed E-state index contributed by atoms with van der Waals surface area (Å²) in [5.41, 5.74) is 2.87. The molecule has 1 unspecified atom stereocenters. The number of non-ortho nitro benzene ring substituents is 1. The lowest BCUT2D eigenvalue weighted by Crippen LogP contribution is -2.32. The minimum atomic E-state index is -0.880.